The predicted octanol–water partition coefficient (Wildman–Crippen LogP) is 6.69. The Hall–Kier alpha value is -3.05. The Labute approximate surface area is 208 Å². The minimum absolute atomic E-state index is 0.0149. The summed E-state index contributed by atoms with van der Waals surface area (Å²) in [5.41, 5.74) is 6.67. The number of hydrogen-bond donors (Lipinski definition) is 0. The summed E-state index contributed by atoms with van der Waals surface area (Å²) in [5, 5.41) is 2.76. The summed E-state index contributed by atoms with van der Waals surface area (Å²) in [6.45, 7) is 5.08. The first-order chi connectivity index (χ1) is 16.3. The number of pyridine rings is 2. The molecule has 0 amide bonds. The standard InChI is InChI=1S/C28H23Cl2N3O/c1-16-6-4-8-18-10-20(27(29)31-24(16)18)12-22-14-33(3)15-23(26(22)34)13-21-11-19-9-5-7-17(2)25(19)32-28(21)30/h4-13H,14-15H2,1-3H3/b22-12+,23-13+. The van der Waals surface area contributed by atoms with Crippen molar-refractivity contribution in [1.29, 1.82) is 0 Å². The summed E-state index contributed by atoms with van der Waals surface area (Å²) in [7, 11) is 1.99. The van der Waals surface area contributed by atoms with E-state index in [1.807, 2.05) is 81.6 Å². The van der Waals surface area contributed by atoms with E-state index in [2.05, 4.69) is 14.9 Å². The first-order valence-corrected chi connectivity index (χ1v) is 11.8. The number of ketones is 1. The molecule has 2 aromatic heterocycles. The lowest BCUT2D eigenvalue weighted by Crippen LogP contribution is -2.34. The molecule has 1 aliphatic heterocycles. The molecule has 170 valence electrons. The maximum Gasteiger partial charge on any atom is 0.187 e. The van der Waals surface area contributed by atoms with E-state index in [0.717, 1.165) is 44.1 Å². The number of aryl methyl sites for hydroxylation is 2. The number of carbonyl (C=O) groups excluding carboxylic acids is 1. The fraction of sp³-hybridized carbons (Fsp3) is 0.179. The van der Waals surface area contributed by atoms with Crippen LogP contribution in [0.15, 0.2) is 59.7 Å². The van der Waals surface area contributed by atoms with Crippen LogP contribution in [0.1, 0.15) is 22.3 Å². The molecule has 4 aromatic rings. The van der Waals surface area contributed by atoms with Crippen molar-refractivity contribution in [3.63, 3.8) is 0 Å². The number of nitrogens with zero attached hydrogens (tertiary/aromatic N) is 3. The molecule has 0 bridgehead atoms. The first-order valence-electron chi connectivity index (χ1n) is 11.1. The fourth-order valence-electron chi connectivity index (χ4n) is 4.47. The van der Waals surface area contributed by atoms with Crippen molar-refractivity contribution in [2.75, 3.05) is 20.1 Å². The van der Waals surface area contributed by atoms with Crippen molar-refractivity contribution < 1.29 is 4.79 Å². The number of carbonyl (C=O) groups is 1. The Morgan fingerprint density at radius 1 is 0.794 bits per heavy atom. The molecule has 34 heavy (non-hydrogen) atoms. The molecule has 1 fully saturated rings. The molecule has 0 N–H and O–H groups in total. The van der Waals surface area contributed by atoms with Crippen LogP contribution < -0.4 is 0 Å². The van der Waals surface area contributed by atoms with Gasteiger partial charge in [-0.15, -0.1) is 0 Å². The zero-order chi connectivity index (χ0) is 24.0. The van der Waals surface area contributed by atoms with Crippen LogP contribution in [0, 0.1) is 13.8 Å². The minimum atomic E-state index is -0.0149. The number of halogens is 2. The second-order valence-electron chi connectivity index (χ2n) is 8.87. The molecular weight excluding hydrogens is 465 g/mol. The van der Waals surface area contributed by atoms with Gasteiger partial charge >= 0.3 is 0 Å². The largest absolute Gasteiger partial charge is 0.298 e. The molecule has 0 unspecified atom stereocenters. The lowest BCUT2D eigenvalue weighted by molar-refractivity contribution is -0.113. The van der Waals surface area contributed by atoms with Gasteiger partial charge in [-0.25, -0.2) is 9.97 Å². The van der Waals surface area contributed by atoms with Crippen LogP contribution >= 0.6 is 23.2 Å². The Kier molecular flexibility index (Phi) is 5.98. The first kappa shape index (κ1) is 22.7. The third-order valence-corrected chi connectivity index (χ3v) is 6.79. The number of benzene rings is 2. The minimum Gasteiger partial charge on any atom is -0.298 e. The van der Waals surface area contributed by atoms with E-state index < -0.39 is 0 Å². The Morgan fingerprint density at radius 2 is 1.24 bits per heavy atom. The molecule has 0 radical (unpaired) electrons. The summed E-state index contributed by atoms with van der Waals surface area (Å²) < 4.78 is 0. The normalized spacial score (nSPS) is 17.4. The van der Waals surface area contributed by atoms with E-state index in [-0.39, 0.29) is 5.78 Å². The number of piperidine rings is 1. The quantitative estimate of drug-likeness (QED) is 0.233. The van der Waals surface area contributed by atoms with Crippen molar-refractivity contribution >= 4 is 62.9 Å². The number of Topliss-reactive ketones (excluding diaryl/α,β-unsaturated/α-hetero) is 1. The maximum absolute atomic E-state index is 13.4. The second-order valence-corrected chi connectivity index (χ2v) is 9.59. The SMILES string of the molecule is Cc1cccc2cc(/C=C3\CN(C)C/C(=C\c4cc5cccc(C)c5nc4Cl)C3=O)c(Cl)nc12. The van der Waals surface area contributed by atoms with Crippen molar-refractivity contribution in [2.45, 2.75) is 13.8 Å². The summed E-state index contributed by atoms with van der Waals surface area (Å²) in [6.07, 6.45) is 3.71. The van der Waals surface area contributed by atoms with Crippen LogP contribution in [0.3, 0.4) is 0 Å². The predicted molar refractivity (Wildman–Crippen MR) is 141 cm³/mol. The van der Waals surface area contributed by atoms with Crippen molar-refractivity contribution in [3.05, 3.63) is 92.2 Å². The average Bonchev–Trinajstić information content (AvgIpc) is 2.79. The van der Waals surface area contributed by atoms with E-state index >= 15 is 0 Å². The molecule has 0 aliphatic carbocycles. The molecule has 1 aliphatic rings. The maximum atomic E-state index is 13.4. The molecule has 5 rings (SSSR count). The highest BCUT2D eigenvalue weighted by atomic mass is 35.5. The summed E-state index contributed by atoms with van der Waals surface area (Å²) in [5.74, 6) is -0.0149. The highest BCUT2D eigenvalue weighted by Crippen LogP contribution is 2.29. The smallest absolute Gasteiger partial charge is 0.187 e. The number of rotatable bonds is 2. The van der Waals surface area contributed by atoms with Gasteiger partial charge in [0.15, 0.2) is 5.78 Å². The van der Waals surface area contributed by atoms with Gasteiger partial charge in [0.25, 0.3) is 0 Å². The van der Waals surface area contributed by atoms with Crippen LogP contribution in [0.2, 0.25) is 10.3 Å². The van der Waals surface area contributed by atoms with Gasteiger partial charge in [0.05, 0.1) is 11.0 Å². The zero-order valence-electron chi connectivity index (χ0n) is 19.2. The molecule has 1 saturated heterocycles. The van der Waals surface area contributed by atoms with E-state index in [1.54, 1.807) is 0 Å². The zero-order valence-corrected chi connectivity index (χ0v) is 20.7. The van der Waals surface area contributed by atoms with E-state index in [4.69, 9.17) is 23.2 Å². The number of para-hydroxylation sites is 2. The lowest BCUT2D eigenvalue weighted by Gasteiger charge is -2.26. The third kappa shape index (κ3) is 4.25. The molecule has 0 atom stereocenters. The lowest BCUT2D eigenvalue weighted by atomic mass is 9.94. The van der Waals surface area contributed by atoms with Gasteiger partial charge in [-0.2, -0.15) is 0 Å². The molecule has 0 saturated carbocycles. The van der Waals surface area contributed by atoms with Gasteiger partial charge in [0, 0.05) is 46.1 Å². The van der Waals surface area contributed by atoms with Gasteiger partial charge in [-0.1, -0.05) is 59.6 Å². The van der Waals surface area contributed by atoms with Gasteiger partial charge in [0.1, 0.15) is 10.3 Å². The highest BCUT2D eigenvalue weighted by Gasteiger charge is 2.25. The second kappa shape index (κ2) is 8.95. The summed E-state index contributed by atoms with van der Waals surface area (Å²) >= 11 is 13.0. The molecular formula is C28H23Cl2N3O. The van der Waals surface area contributed by atoms with E-state index in [1.165, 1.54) is 0 Å². The van der Waals surface area contributed by atoms with E-state index in [9.17, 15) is 4.79 Å². The van der Waals surface area contributed by atoms with Crippen molar-refractivity contribution in [3.8, 4) is 0 Å². The number of fused-ring (bicyclic) bond motifs is 2. The van der Waals surface area contributed by atoms with Crippen molar-refractivity contribution in [1.82, 2.24) is 14.9 Å². The molecule has 3 heterocycles. The molecule has 4 nitrogen and oxygen atoms in total. The number of likely N-dealkylation sites (N-methyl/N-ethyl adjacent to an activating group) is 1. The van der Waals surface area contributed by atoms with Crippen LogP contribution in [0.5, 0.6) is 0 Å². The van der Waals surface area contributed by atoms with Gasteiger partial charge in [-0.05, 0) is 56.3 Å². The number of likely N-dealkylation sites (tertiary alicyclic amines) is 1. The number of hydrogen-bond acceptors (Lipinski definition) is 4. The van der Waals surface area contributed by atoms with Crippen molar-refractivity contribution in [2.24, 2.45) is 0 Å². The van der Waals surface area contributed by atoms with Crippen LogP contribution in [0.4, 0.5) is 0 Å². The molecule has 0 spiro atoms. The van der Waals surface area contributed by atoms with Crippen LogP contribution in [-0.2, 0) is 4.79 Å². The monoisotopic (exact) mass is 487 g/mol. The van der Waals surface area contributed by atoms with Crippen LogP contribution in [0.25, 0.3) is 34.0 Å². The number of aromatic nitrogens is 2. The Morgan fingerprint density at radius 3 is 1.68 bits per heavy atom. The Bertz CT molecular complexity index is 1430. The molecule has 6 heteroatoms. The van der Waals surface area contributed by atoms with Gasteiger partial charge in [0.2, 0.25) is 0 Å². The average molecular weight is 488 g/mol. The molecule has 2 aromatic carbocycles. The van der Waals surface area contributed by atoms with E-state index in [0.29, 0.717) is 34.5 Å². The Balaban J connectivity index is 1.56. The van der Waals surface area contributed by atoms with Crippen LogP contribution in [-0.4, -0.2) is 40.8 Å². The topological polar surface area (TPSA) is 46.1 Å². The van der Waals surface area contributed by atoms with Gasteiger partial charge < -0.3 is 0 Å². The highest BCUT2D eigenvalue weighted by molar-refractivity contribution is 6.32. The fourth-order valence-corrected chi connectivity index (χ4v) is 4.86. The van der Waals surface area contributed by atoms with Gasteiger partial charge in [-0.3, -0.25) is 9.69 Å². The third-order valence-electron chi connectivity index (χ3n) is 6.18. The summed E-state index contributed by atoms with van der Waals surface area (Å²) in [6, 6.07) is 16.0. The summed E-state index contributed by atoms with van der Waals surface area (Å²) in [4.78, 5) is 24.7.